The second kappa shape index (κ2) is 24.8. The molecule has 0 heterocycles. The number of rotatable bonds is 17. The second-order valence-corrected chi connectivity index (χ2v) is 22.0. The van der Waals surface area contributed by atoms with Crippen molar-refractivity contribution in [3.05, 3.63) is 142 Å². The molecule has 2 aliphatic rings. The van der Waals surface area contributed by atoms with Crippen molar-refractivity contribution >= 4 is 11.8 Å². The average Bonchev–Trinajstić information content (AvgIpc) is 3.29. The van der Waals surface area contributed by atoms with E-state index in [2.05, 4.69) is 111 Å². The van der Waals surface area contributed by atoms with Crippen LogP contribution >= 0.6 is 0 Å². The molecule has 0 radical (unpaired) electrons. The molecule has 4 aromatic rings. The van der Waals surface area contributed by atoms with Crippen molar-refractivity contribution in [2.24, 2.45) is 5.73 Å². The normalized spacial score (nSPS) is 22.3. The summed E-state index contributed by atoms with van der Waals surface area (Å²) in [6.45, 7) is 16.1. The van der Waals surface area contributed by atoms with Gasteiger partial charge in [-0.1, -0.05) is 90.1 Å². The molecule has 2 aliphatic carbocycles. The summed E-state index contributed by atoms with van der Waals surface area (Å²) in [5, 5.41) is 44.3. The van der Waals surface area contributed by atoms with Gasteiger partial charge in [0.2, 0.25) is 11.8 Å². The molecule has 6 rings (SSSR count). The van der Waals surface area contributed by atoms with Gasteiger partial charge in [-0.3, -0.25) is 9.59 Å². The lowest BCUT2D eigenvalue weighted by atomic mass is 9.73. The van der Waals surface area contributed by atoms with Crippen molar-refractivity contribution < 1.29 is 42.6 Å². The minimum Gasteiger partial charge on any atom is -0.390 e. The van der Waals surface area contributed by atoms with E-state index in [1.807, 2.05) is 6.07 Å². The van der Waals surface area contributed by atoms with Crippen LogP contribution in [0.25, 0.3) is 0 Å². The number of hydrogen-bond acceptors (Lipinski definition) is 9. The van der Waals surface area contributed by atoms with E-state index >= 15 is 0 Å². The SMILES string of the molecule is CC(=O)N[C@@H](Cc1cc(F)cc(F)c1)[C@H](O)CNC1(c2cccc(C(C)(C)C)c2)CCC(N)CC1.CC(=O)N[C@@H](Cc1cc(F)cc(F)c1)[C@H](O)CNC1(c2cccc(C(C)(C)C)c2)CCC(NO)CC1. The highest BCUT2D eigenvalue weighted by molar-refractivity contribution is 5.73. The zero-order chi connectivity index (χ0) is 52.3. The highest BCUT2D eigenvalue weighted by Gasteiger charge is 2.39. The summed E-state index contributed by atoms with van der Waals surface area (Å²) in [7, 11) is 0. The molecule has 0 saturated heterocycles. The predicted molar refractivity (Wildman–Crippen MR) is 271 cm³/mol. The Bertz CT molecular complexity index is 2330. The fourth-order valence-electron chi connectivity index (χ4n) is 10.0. The quantitative estimate of drug-likeness (QED) is 0.0373. The number of hydrogen-bond donors (Lipinski definition) is 9. The van der Waals surface area contributed by atoms with Gasteiger partial charge >= 0.3 is 0 Å². The van der Waals surface area contributed by atoms with Crippen molar-refractivity contribution in [1.82, 2.24) is 26.7 Å². The molecular formula is C56H78F4N6O5. The Morgan fingerprint density at radius 3 is 1.28 bits per heavy atom. The van der Waals surface area contributed by atoms with E-state index in [0.717, 1.165) is 74.6 Å². The summed E-state index contributed by atoms with van der Waals surface area (Å²) in [6, 6.07) is 22.2. The molecule has 15 heteroatoms. The number of halogens is 4. The van der Waals surface area contributed by atoms with E-state index in [4.69, 9.17) is 5.73 Å². The largest absolute Gasteiger partial charge is 0.390 e. The topological polar surface area (TPSA) is 181 Å². The van der Waals surface area contributed by atoms with E-state index in [0.29, 0.717) is 11.1 Å². The van der Waals surface area contributed by atoms with Crippen LogP contribution in [0, 0.1) is 23.3 Å². The molecule has 4 atom stereocenters. The Hall–Kier alpha value is -4.74. The molecule has 0 unspecified atom stereocenters. The van der Waals surface area contributed by atoms with Crippen molar-refractivity contribution in [3.63, 3.8) is 0 Å². The fraction of sp³-hybridized carbons (Fsp3) is 0.536. The molecule has 0 aromatic heterocycles. The third-order valence-corrected chi connectivity index (χ3v) is 14.2. The Morgan fingerprint density at radius 1 is 0.606 bits per heavy atom. The number of nitrogens with one attached hydrogen (secondary N) is 5. The Labute approximate surface area is 418 Å². The van der Waals surface area contributed by atoms with Crippen LogP contribution in [0.1, 0.15) is 140 Å². The first-order valence-electron chi connectivity index (χ1n) is 25.0. The highest BCUT2D eigenvalue weighted by atomic mass is 19.1. The Morgan fingerprint density at radius 2 is 0.958 bits per heavy atom. The van der Waals surface area contributed by atoms with Gasteiger partial charge in [0, 0.05) is 62.2 Å². The van der Waals surface area contributed by atoms with Gasteiger partial charge in [-0.25, -0.2) is 23.0 Å². The second-order valence-electron chi connectivity index (χ2n) is 22.0. The fourth-order valence-corrected chi connectivity index (χ4v) is 10.0. The van der Waals surface area contributed by atoms with Crippen LogP contribution in [0.4, 0.5) is 17.6 Å². The molecule has 2 saturated carbocycles. The maximum Gasteiger partial charge on any atom is 0.217 e. The first-order valence-corrected chi connectivity index (χ1v) is 25.0. The number of carbonyl (C=O) groups excluding carboxylic acids is 2. The van der Waals surface area contributed by atoms with Gasteiger partial charge in [0.05, 0.1) is 24.3 Å². The van der Waals surface area contributed by atoms with Gasteiger partial charge < -0.3 is 42.4 Å². The zero-order valence-electron chi connectivity index (χ0n) is 42.8. The van der Waals surface area contributed by atoms with E-state index in [-0.39, 0.29) is 66.2 Å². The Balaban J connectivity index is 0.000000264. The Kier molecular flexibility index (Phi) is 20.0. The monoisotopic (exact) mass is 991 g/mol. The van der Waals surface area contributed by atoms with Crippen LogP contribution in [0.5, 0.6) is 0 Å². The molecule has 0 bridgehead atoms. The number of carbonyl (C=O) groups is 2. The van der Waals surface area contributed by atoms with Crippen LogP contribution in [-0.4, -0.2) is 76.7 Å². The summed E-state index contributed by atoms with van der Waals surface area (Å²) in [5.41, 5.74) is 13.2. The summed E-state index contributed by atoms with van der Waals surface area (Å²) < 4.78 is 54.9. The van der Waals surface area contributed by atoms with Crippen LogP contribution in [0.2, 0.25) is 0 Å². The van der Waals surface area contributed by atoms with Gasteiger partial charge in [-0.2, -0.15) is 0 Å². The highest BCUT2D eigenvalue weighted by Crippen LogP contribution is 2.40. The number of hydroxylamine groups is 1. The van der Waals surface area contributed by atoms with Crippen molar-refractivity contribution in [2.45, 2.75) is 178 Å². The smallest absolute Gasteiger partial charge is 0.217 e. The number of nitrogens with two attached hydrogens (primary N) is 1. The predicted octanol–water partition coefficient (Wildman–Crippen LogP) is 8.13. The third kappa shape index (κ3) is 16.6. The molecule has 4 aromatic carbocycles. The van der Waals surface area contributed by atoms with Crippen LogP contribution in [0.15, 0.2) is 84.9 Å². The van der Waals surface area contributed by atoms with E-state index in [1.54, 1.807) is 0 Å². The van der Waals surface area contributed by atoms with Crippen LogP contribution in [-0.2, 0) is 44.3 Å². The van der Waals surface area contributed by atoms with Gasteiger partial charge in [0.25, 0.3) is 0 Å². The molecule has 11 nitrogen and oxygen atoms in total. The van der Waals surface area contributed by atoms with Crippen LogP contribution < -0.4 is 32.5 Å². The lowest BCUT2D eigenvalue weighted by Gasteiger charge is -2.42. The standard InChI is InChI=1S/C28H39F2N3O3.C28H39F2N3O2/c1-18(34)32-25(14-19-12-22(29)16-23(30)13-19)26(35)17-31-28(10-8-24(33-36)9-11-28)21-7-5-6-20(15-21)27(2,3)4;1-18(34)33-25(14-19-12-22(29)16-23(30)13-19)26(35)17-32-28(10-8-24(31)9-11-28)21-7-5-6-20(15-21)27(2,3)4/h5-7,12-13,15-16,24-26,31,33,35-36H,8-11,14,17H2,1-4H3,(H,32,34);5-7,12-13,15-16,24-26,32,35H,8-11,14,17,31H2,1-4H3,(H,33,34)/t2*24?,25-,26+,28?/m00/s1. The zero-order valence-corrected chi connectivity index (χ0v) is 42.8. The van der Waals surface area contributed by atoms with E-state index < -0.39 is 53.1 Å². The third-order valence-electron chi connectivity index (χ3n) is 14.2. The van der Waals surface area contributed by atoms with Gasteiger partial charge in [-0.05, 0) is 133 Å². The average molecular weight is 991 g/mol. The number of amides is 2. The number of aliphatic hydroxyl groups excluding tert-OH is 2. The number of benzene rings is 4. The molecule has 2 fully saturated rings. The van der Waals surface area contributed by atoms with Crippen molar-refractivity contribution in [1.29, 1.82) is 0 Å². The minimum absolute atomic E-state index is 0.00147. The first kappa shape index (κ1) is 57.2. The molecule has 0 spiro atoms. The molecular weight excluding hydrogens is 913 g/mol. The maximum atomic E-state index is 13.7. The molecule has 0 aliphatic heterocycles. The van der Waals surface area contributed by atoms with E-state index in [9.17, 15) is 42.6 Å². The number of aliphatic hydroxyl groups is 2. The van der Waals surface area contributed by atoms with Crippen molar-refractivity contribution in [3.8, 4) is 0 Å². The molecule has 10 N–H and O–H groups in total. The molecule has 390 valence electrons. The maximum absolute atomic E-state index is 13.7. The molecule has 2 amide bonds. The van der Waals surface area contributed by atoms with E-state index in [1.165, 1.54) is 49.2 Å². The first-order chi connectivity index (χ1) is 33.3. The summed E-state index contributed by atoms with van der Waals surface area (Å²) in [5.74, 6) is -3.44. The van der Waals surface area contributed by atoms with Gasteiger partial charge in [-0.15, -0.1) is 0 Å². The van der Waals surface area contributed by atoms with Crippen LogP contribution in [0.3, 0.4) is 0 Å². The molecule has 71 heavy (non-hydrogen) atoms. The summed E-state index contributed by atoms with van der Waals surface area (Å²) >= 11 is 0. The lowest BCUT2D eigenvalue weighted by Crippen LogP contribution is -2.54. The summed E-state index contributed by atoms with van der Waals surface area (Å²) in [4.78, 5) is 23.7. The van der Waals surface area contributed by atoms with Crippen molar-refractivity contribution in [2.75, 3.05) is 13.1 Å². The summed E-state index contributed by atoms with van der Waals surface area (Å²) in [6.07, 6.45) is 4.57. The van der Waals surface area contributed by atoms with Gasteiger partial charge in [0.15, 0.2) is 0 Å². The minimum atomic E-state index is -1.00. The lowest BCUT2D eigenvalue weighted by molar-refractivity contribution is -0.121. The van der Waals surface area contributed by atoms with Gasteiger partial charge in [0.1, 0.15) is 23.3 Å².